The number of amides is 15. The Balaban J connectivity index is 2.03. The van der Waals surface area contributed by atoms with E-state index < -0.39 is 259 Å². The zero-order chi connectivity index (χ0) is 103. The molecule has 0 fully saturated rings. The highest BCUT2D eigenvalue weighted by Crippen LogP contribution is 2.21. The maximum absolute atomic E-state index is 15.1. The predicted octanol–water partition coefficient (Wildman–Crippen LogP) is -5.70. The Kier molecular flexibility index (Phi) is 50.8. The third kappa shape index (κ3) is 43.5. The number of esters is 1. The van der Waals surface area contributed by atoms with E-state index in [4.69, 9.17) is 55.4 Å². The number of carboxylic acid groups (broad SMARTS) is 1. The fourth-order valence-corrected chi connectivity index (χ4v) is 13.5. The second-order valence-electron chi connectivity index (χ2n) is 33.9. The molecule has 15 amide bonds. The number of nitrogens with two attached hydrogens (primary N) is 6. The molecular formula is C85H136N30O22. The van der Waals surface area contributed by atoms with Crippen LogP contribution in [-0.4, -0.2) is 272 Å². The van der Waals surface area contributed by atoms with E-state index in [1.165, 1.54) is 74.9 Å². The summed E-state index contributed by atoms with van der Waals surface area (Å²) >= 11 is 0. The molecule has 0 saturated heterocycles. The van der Waals surface area contributed by atoms with E-state index in [2.05, 4.69) is 105 Å². The Morgan fingerprint density at radius 2 is 0.818 bits per heavy atom. The van der Waals surface area contributed by atoms with Crippen molar-refractivity contribution in [3.05, 3.63) is 88.3 Å². The lowest BCUT2D eigenvalue weighted by molar-refractivity contribution is -0.156. The third-order valence-corrected chi connectivity index (χ3v) is 21.5. The van der Waals surface area contributed by atoms with Gasteiger partial charge in [0.25, 0.3) is 0 Å². The van der Waals surface area contributed by atoms with Crippen LogP contribution < -0.4 is 119 Å². The molecule has 1 aromatic heterocycles. The van der Waals surface area contributed by atoms with E-state index >= 15 is 9.59 Å². The van der Waals surface area contributed by atoms with Crippen LogP contribution in [0.4, 0.5) is 0 Å². The number of aromatic amines is 1. The van der Waals surface area contributed by atoms with Crippen molar-refractivity contribution in [3.63, 3.8) is 0 Å². The molecule has 36 N–H and O–H groups in total. The minimum Gasteiger partial charge on any atom is -0.508 e. The van der Waals surface area contributed by atoms with Gasteiger partial charge >= 0.3 is 11.9 Å². The van der Waals surface area contributed by atoms with Crippen molar-refractivity contribution in [1.82, 2.24) is 95.0 Å². The number of nitrogens with zero attached hydrogens (tertiary/aromatic N) is 4. The molecule has 3 rings (SSSR count). The molecule has 0 bridgehead atoms. The first-order valence-corrected chi connectivity index (χ1v) is 44.6. The number of aliphatic hydroxyl groups excluding tert-OH is 1. The SMILES string of the molecule is CC[C@H](C)[C@H](NC(=O)[C@H](Cc1ccc(O)cc1)NC(=O)[C@H](Cc1c[nH]cn1)NC(=O)[C@H](CCCNC(=N)N)NC(=O)[C@H](CC(C)C)NC(=O)[C@H](C)NC(=O)[C@@H](N)CO)C(=O)N[C@@H](CC(N)=O)C(=O)N[C@@H](CC(C)C)C(=O)N[C@H](C(=O)OC(C)[C@H](N=[N+]=[N-])C(=O)N[C@@H](CCCNC(=N)N)C(=O)N[C@@H](CCC(N)=O)C(=O)N[C@@H](CCCNC(=N)N)C(=O)N[C@@H](Cc1ccc(O)cc1)C(=O)O)[C@@H](C)CC. The quantitative estimate of drug-likeness (QED) is 0.00476. The van der Waals surface area contributed by atoms with Crippen molar-refractivity contribution in [1.29, 1.82) is 16.2 Å². The van der Waals surface area contributed by atoms with Gasteiger partial charge in [-0.3, -0.25) is 88.1 Å². The van der Waals surface area contributed by atoms with Gasteiger partial charge in [0.15, 0.2) is 23.9 Å². The number of hydrogen-bond donors (Lipinski definition) is 30. The molecule has 1 heterocycles. The summed E-state index contributed by atoms with van der Waals surface area (Å²) in [5.74, 6) is -22.4. The summed E-state index contributed by atoms with van der Waals surface area (Å²) in [5, 5.41) is 106. The molecule has 1 unspecified atom stereocenters. The third-order valence-electron chi connectivity index (χ3n) is 21.5. The number of aromatic hydroxyl groups is 2. The van der Waals surface area contributed by atoms with Crippen LogP contribution in [0, 0.1) is 39.9 Å². The first-order valence-electron chi connectivity index (χ1n) is 44.6. The molecule has 0 aliphatic rings. The van der Waals surface area contributed by atoms with Crippen molar-refractivity contribution in [2.24, 2.45) is 63.2 Å². The average molecular weight is 1930 g/mol. The van der Waals surface area contributed by atoms with Crippen LogP contribution in [0.5, 0.6) is 11.5 Å². The Morgan fingerprint density at radius 1 is 0.453 bits per heavy atom. The number of H-pyrrole nitrogens is 1. The standard InChI is InChI=1S/C85H136N30O22/c1-11-43(7)65(112-78(131)59(34-47-19-23-50(117)24-20-47)108-75(128)60(36-49-38-96-40-100-49)109-71(124)53(16-13-29-97-83(89)90)103-74(127)57(32-41(3)4)106-68(121)45(9)101-69(122)52(86)39-116)79(132)110-61(37-64(88)120)76(129)107-58(33-42(5)6)77(130)113-66(44(8)12-2)82(136)137-46(10)67(114-115-95)80(133)105-55(18-15-31-99-85(93)94)70(123)104-56(27-28-63(87)119)73(126)102-54(17-14-30-98-84(91)92)72(125)111-62(81(134)135)35-48-21-25-51(118)26-22-48/h19-26,38,40-46,52-62,65-67,116-118H,11-18,27-37,39,86H2,1-10H3,(H2,87,119)(H2,88,120)(H,96,100)(H,101,122)(H,102,126)(H,103,127)(H,104,123)(H,105,133)(H,106,121)(H,107,129)(H,108,128)(H,109,124)(H,110,132)(H,111,125)(H,112,131)(H,113,130)(H,134,135)(H4,89,90,97)(H4,91,92,98)(H4,93,94,99)/t43-,44-,45-,46?,52-,53-,54-,55-,56-,57-,58-,59-,60-,61-,62-,65-,66-,67-/m0/s1. The zero-order valence-electron chi connectivity index (χ0n) is 78.4. The molecule has 0 saturated carbocycles. The molecule has 0 radical (unpaired) electrons. The second kappa shape index (κ2) is 59.8. The maximum atomic E-state index is 15.1. The first-order chi connectivity index (χ1) is 64.5. The number of hydrogen-bond acceptors (Lipinski definition) is 27. The van der Waals surface area contributed by atoms with Crippen LogP contribution in [0.15, 0.2) is 66.2 Å². The molecule has 3 aromatic rings. The molecule has 0 aliphatic heterocycles. The molecule has 52 heteroatoms. The summed E-state index contributed by atoms with van der Waals surface area (Å²) in [6, 6.07) is -13.5. The Hall–Kier alpha value is -14.7. The predicted molar refractivity (Wildman–Crippen MR) is 495 cm³/mol. The van der Waals surface area contributed by atoms with Gasteiger partial charge < -0.3 is 150 Å². The summed E-state index contributed by atoms with van der Waals surface area (Å²) in [7, 11) is 0. The number of carboxylic acids is 1. The van der Waals surface area contributed by atoms with Crippen LogP contribution in [-0.2, 0) is 106 Å². The normalized spacial score (nSPS) is 15.0. The zero-order valence-corrected chi connectivity index (χ0v) is 78.4. The molecule has 18 atom stereocenters. The molecule has 2 aromatic carbocycles. The van der Waals surface area contributed by atoms with E-state index in [-0.39, 0.29) is 126 Å². The Labute approximate surface area is 791 Å². The van der Waals surface area contributed by atoms with Gasteiger partial charge in [-0.2, -0.15) is 0 Å². The number of phenolic OH excluding ortho intramolecular Hbond substituents is 2. The van der Waals surface area contributed by atoms with Gasteiger partial charge in [0.2, 0.25) is 88.6 Å². The number of azide groups is 1. The summed E-state index contributed by atoms with van der Waals surface area (Å²) in [6.45, 7) is 14.7. The van der Waals surface area contributed by atoms with Gasteiger partial charge in [0.05, 0.1) is 25.0 Å². The van der Waals surface area contributed by atoms with E-state index in [1.54, 1.807) is 48.5 Å². The topological polar surface area (TPSA) is 878 Å². The molecule has 137 heavy (non-hydrogen) atoms. The van der Waals surface area contributed by atoms with Crippen molar-refractivity contribution in [2.75, 3.05) is 26.2 Å². The van der Waals surface area contributed by atoms with Gasteiger partial charge in [0, 0.05) is 56.4 Å². The van der Waals surface area contributed by atoms with Gasteiger partial charge in [-0.05, 0) is 136 Å². The van der Waals surface area contributed by atoms with Gasteiger partial charge in [-0.1, -0.05) is 97.6 Å². The van der Waals surface area contributed by atoms with Crippen LogP contribution >= 0.6 is 0 Å². The number of aliphatic carboxylic acids is 1. The van der Waals surface area contributed by atoms with Crippen molar-refractivity contribution >= 4 is 118 Å². The number of nitrogens with one attached hydrogen (secondary N) is 20. The number of benzene rings is 2. The lowest BCUT2D eigenvalue weighted by Crippen LogP contribution is -2.62. The molecule has 758 valence electrons. The number of aliphatic hydroxyl groups is 1. The number of carbonyl (C=O) groups is 17. The minimum atomic E-state index is -2.05. The van der Waals surface area contributed by atoms with Gasteiger partial charge in [-0.15, -0.1) is 0 Å². The Bertz CT molecular complexity index is 4640. The monoisotopic (exact) mass is 1930 g/mol. The number of guanidine groups is 3. The summed E-state index contributed by atoms with van der Waals surface area (Å²) in [5.41, 5.74) is 44.1. The number of rotatable bonds is 63. The van der Waals surface area contributed by atoms with E-state index in [9.17, 15) is 97.9 Å². The second-order valence-corrected chi connectivity index (χ2v) is 33.9. The minimum absolute atomic E-state index is 0.00310. The fraction of sp³-hybridized carbons (Fsp3) is 0.588. The van der Waals surface area contributed by atoms with Crippen molar-refractivity contribution in [3.8, 4) is 11.5 Å². The van der Waals surface area contributed by atoms with Crippen molar-refractivity contribution < 1.29 is 107 Å². The number of primary amides is 2. The summed E-state index contributed by atoms with van der Waals surface area (Å²) < 4.78 is 5.77. The highest BCUT2D eigenvalue weighted by molar-refractivity contribution is 6.01. The number of carbonyl (C=O) groups excluding carboxylic acids is 16. The summed E-state index contributed by atoms with van der Waals surface area (Å²) in [4.78, 5) is 249. The highest BCUT2D eigenvalue weighted by atomic mass is 16.5. The highest BCUT2D eigenvalue weighted by Gasteiger charge is 2.42. The molecule has 52 nitrogen and oxygen atoms in total. The fourth-order valence-electron chi connectivity index (χ4n) is 13.5. The smallest absolute Gasteiger partial charge is 0.329 e. The first kappa shape index (κ1) is 116. The Morgan fingerprint density at radius 3 is 1.23 bits per heavy atom. The van der Waals surface area contributed by atoms with Gasteiger partial charge in [0.1, 0.15) is 102 Å². The van der Waals surface area contributed by atoms with E-state index in [0.717, 1.165) is 6.92 Å². The van der Waals surface area contributed by atoms with Crippen LogP contribution in [0.2, 0.25) is 0 Å². The van der Waals surface area contributed by atoms with E-state index in [0.29, 0.717) is 11.1 Å². The number of ether oxygens (including phenoxy) is 1. The average Bonchev–Trinajstić information content (AvgIpc) is 1.72. The molecule has 0 spiro atoms. The molecular weight excluding hydrogens is 1790 g/mol. The van der Waals surface area contributed by atoms with Crippen LogP contribution in [0.25, 0.3) is 10.4 Å². The number of aromatic nitrogens is 2. The lowest BCUT2D eigenvalue weighted by Gasteiger charge is -2.30. The maximum Gasteiger partial charge on any atom is 0.329 e. The number of imidazole rings is 1. The molecule has 0 aliphatic carbocycles. The van der Waals surface area contributed by atoms with Gasteiger partial charge in [-0.25, -0.2) is 14.6 Å². The van der Waals surface area contributed by atoms with Crippen LogP contribution in [0.3, 0.4) is 0 Å². The lowest BCUT2D eigenvalue weighted by atomic mass is 9.96. The van der Waals surface area contributed by atoms with E-state index in [1.807, 2.05) is 0 Å². The number of phenols is 2. The van der Waals surface area contributed by atoms with Crippen LogP contribution in [0.1, 0.15) is 170 Å². The largest absolute Gasteiger partial charge is 0.508 e. The van der Waals surface area contributed by atoms with Crippen molar-refractivity contribution in [2.45, 2.75) is 269 Å². The summed E-state index contributed by atoms with van der Waals surface area (Å²) in [6.07, 6.45) is -2.84.